The monoisotopic (exact) mass is 327 g/mol. The fourth-order valence-corrected chi connectivity index (χ4v) is 3.32. The minimum atomic E-state index is -0.969. The van der Waals surface area contributed by atoms with Gasteiger partial charge in [0.05, 0.1) is 19.6 Å². The SMILES string of the molecule is C/C=C/CCCC(O)C[N+](CCC)(CCC)CCC(C)C(=O)[O-]. The molecule has 2 atom stereocenters. The first kappa shape index (κ1) is 22.1. The summed E-state index contributed by atoms with van der Waals surface area (Å²) in [6, 6.07) is 0. The molecule has 0 aromatic rings. The largest absolute Gasteiger partial charge is 0.550 e. The molecule has 0 aliphatic carbocycles. The predicted octanol–water partition coefficient (Wildman–Crippen LogP) is 2.51. The Hall–Kier alpha value is -0.870. The first-order valence-corrected chi connectivity index (χ1v) is 9.26. The molecule has 1 N–H and O–H groups in total. The van der Waals surface area contributed by atoms with E-state index in [1.807, 2.05) is 13.0 Å². The van der Waals surface area contributed by atoms with Crippen molar-refractivity contribution in [3.63, 3.8) is 0 Å². The molecule has 0 heterocycles. The Kier molecular flexibility index (Phi) is 12.1. The number of nitrogens with zero attached hydrogens (tertiary/aromatic N) is 1. The number of carboxylic acid groups (broad SMARTS) is 1. The molecule has 0 spiro atoms. The van der Waals surface area contributed by atoms with Gasteiger partial charge in [-0.05, 0) is 39.0 Å². The number of carboxylic acids is 1. The molecule has 0 aliphatic rings. The minimum absolute atomic E-state index is 0.309. The van der Waals surface area contributed by atoms with Gasteiger partial charge in [-0.25, -0.2) is 0 Å². The molecular formula is C19H37NO3. The van der Waals surface area contributed by atoms with Crippen LogP contribution in [0.4, 0.5) is 0 Å². The molecule has 136 valence electrons. The van der Waals surface area contributed by atoms with Gasteiger partial charge < -0.3 is 19.5 Å². The molecule has 0 bridgehead atoms. The zero-order valence-electron chi connectivity index (χ0n) is 15.6. The van der Waals surface area contributed by atoms with Crippen LogP contribution in [-0.2, 0) is 4.79 Å². The van der Waals surface area contributed by atoms with E-state index in [-0.39, 0.29) is 6.10 Å². The van der Waals surface area contributed by atoms with E-state index < -0.39 is 11.9 Å². The molecule has 2 unspecified atom stereocenters. The van der Waals surface area contributed by atoms with Gasteiger partial charge in [0.1, 0.15) is 12.6 Å². The Balaban J connectivity index is 4.71. The number of carbonyl (C=O) groups excluding carboxylic acids is 1. The van der Waals surface area contributed by atoms with Gasteiger partial charge >= 0.3 is 0 Å². The lowest BCUT2D eigenvalue weighted by Crippen LogP contribution is -2.54. The van der Waals surface area contributed by atoms with Crippen molar-refractivity contribution >= 4 is 5.97 Å². The molecule has 0 aromatic heterocycles. The number of quaternary nitrogens is 1. The summed E-state index contributed by atoms with van der Waals surface area (Å²) in [5.74, 6) is -1.39. The van der Waals surface area contributed by atoms with Gasteiger partial charge in [-0.15, -0.1) is 0 Å². The van der Waals surface area contributed by atoms with Gasteiger partial charge in [0.25, 0.3) is 0 Å². The Labute approximate surface area is 142 Å². The Morgan fingerprint density at radius 1 is 1.17 bits per heavy atom. The van der Waals surface area contributed by atoms with Crippen LogP contribution in [-0.4, -0.2) is 47.8 Å². The van der Waals surface area contributed by atoms with Crippen molar-refractivity contribution in [2.45, 2.75) is 72.3 Å². The van der Waals surface area contributed by atoms with Crippen molar-refractivity contribution in [1.82, 2.24) is 0 Å². The third-order valence-corrected chi connectivity index (χ3v) is 4.58. The van der Waals surface area contributed by atoms with Gasteiger partial charge in [-0.1, -0.05) is 32.9 Å². The lowest BCUT2D eigenvalue weighted by atomic mass is 10.0. The van der Waals surface area contributed by atoms with E-state index in [4.69, 9.17) is 0 Å². The van der Waals surface area contributed by atoms with E-state index in [1.54, 1.807) is 6.92 Å². The number of allylic oxidation sites excluding steroid dienone is 2. The number of hydrogen-bond donors (Lipinski definition) is 1. The fourth-order valence-electron chi connectivity index (χ4n) is 3.32. The first-order valence-electron chi connectivity index (χ1n) is 9.26. The number of aliphatic hydroxyl groups excluding tert-OH is 1. The van der Waals surface area contributed by atoms with Crippen LogP contribution in [0.2, 0.25) is 0 Å². The number of rotatable bonds is 14. The van der Waals surface area contributed by atoms with Crippen LogP contribution in [0.5, 0.6) is 0 Å². The average Bonchev–Trinajstić information content (AvgIpc) is 2.49. The van der Waals surface area contributed by atoms with Crippen molar-refractivity contribution in [2.24, 2.45) is 5.92 Å². The zero-order valence-corrected chi connectivity index (χ0v) is 15.6. The summed E-state index contributed by atoms with van der Waals surface area (Å²) < 4.78 is 0.829. The molecule has 0 fully saturated rings. The molecule has 0 aromatic carbocycles. The van der Waals surface area contributed by atoms with Crippen LogP contribution in [0.15, 0.2) is 12.2 Å². The Morgan fingerprint density at radius 3 is 2.26 bits per heavy atom. The van der Waals surface area contributed by atoms with Crippen molar-refractivity contribution < 1.29 is 19.5 Å². The molecular weight excluding hydrogens is 290 g/mol. The maximum absolute atomic E-state index is 11.0. The third kappa shape index (κ3) is 9.77. The molecule has 4 heteroatoms. The molecule has 0 saturated heterocycles. The summed E-state index contributed by atoms with van der Waals surface area (Å²) in [6.07, 6.45) is 9.40. The summed E-state index contributed by atoms with van der Waals surface area (Å²) in [5, 5.41) is 21.4. The van der Waals surface area contributed by atoms with Crippen LogP contribution >= 0.6 is 0 Å². The number of carbonyl (C=O) groups is 1. The highest BCUT2D eigenvalue weighted by Gasteiger charge is 2.29. The molecule has 23 heavy (non-hydrogen) atoms. The summed E-state index contributed by atoms with van der Waals surface area (Å²) in [5.41, 5.74) is 0. The number of unbranched alkanes of at least 4 members (excludes halogenated alkanes) is 1. The van der Waals surface area contributed by atoms with E-state index in [1.165, 1.54) is 0 Å². The normalized spacial score (nSPS) is 15.0. The van der Waals surface area contributed by atoms with E-state index in [0.717, 1.165) is 62.8 Å². The third-order valence-electron chi connectivity index (χ3n) is 4.58. The second kappa shape index (κ2) is 12.5. The molecule has 4 nitrogen and oxygen atoms in total. The van der Waals surface area contributed by atoms with Crippen LogP contribution in [0.1, 0.15) is 66.2 Å². The molecule has 0 aliphatic heterocycles. The molecule has 0 amide bonds. The quantitative estimate of drug-likeness (QED) is 0.303. The molecule has 0 rings (SSSR count). The van der Waals surface area contributed by atoms with E-state index in [2.05, 4.69) is 19.9 Å². The van der Waals surface area contributed by atoms with Gasteiger partial charge in [-0.3, -0.25) is 0 Å². The maximum atomic E-state index is 11.0. The van der Waals surface area contributed by atoms with Crippen molar-refractivity contribution in [3.05, 3.63) is 12.2 Å². The van der Waals surface area contributed by atoms with E-state index >= 15 is 0 Å². The lowest BCUT2D eigenvalue weighted by molar-refractivity contribution is -0.931. The zero-order chi connectivity index (χ0) is 17.7. The molecule has 0 radical (unpaired) electrons. The second-order valence-corrected chi connectivity index (χ2v) is 6.86. The highest BCUT2D eigenvalue weighted by atomic mass is 16.4. The molecule has 0 saturated carbocycles. The Bertz CT molecular complexity index is 336. The average molecular weight is 328 g/mol. The summed E-state index contributed by atoms with van der Waals surface area (Å²) in [6.45, 7) is 11.6. The van der Waals surface area contributed by atoms with Crippen LogP contribution in [0.3, 0.4) is 0 Å². The van der Waals surface area contributed by atoms with Gasteiger partial charge in [0.15, 0.2) is 0 Å². The topological polar surface area (TPSA) is 60.4 Å². The van der Waals surface area contributed by atoms with Gasteiger partial charge in [0.2, 0.25) is 0 Å². The van der Waals surface area contributed by atoms with Gasteiger partial charge in [-0.2, -0.15) is 0 Å². The standard InChI is InChI=1S/C19H37NO3/c1-5-8-9-10-11-18(21)16-20(13-6-2,14-7-3)15-12-17(4)19(22)23/h5,8,17-18,21H,6-7,9-16H2,1-4H3/b8-5+. The summed E-state index contributed by atoms with van der Waals surface area (Å²) in [7, 11) is 0. The number of aliphatic hydroxyl groups is 1. The van der Waals surface area contributed by atoms with Crippen LogP contribution < -0.4 is 5.11 Å². The van der Waals surface area contributed by atoms with Crippen molar-refractivity contribution in [1.29, 1.82) is 0 Å². The second-order valence-electron chi connectivity index (χ2n) is 6.86. The van der Waals surface area contributed by atoms with Crippen LogP contribution in [0.25, 0.3) is 0 Å². The number of hydrogen-bond acceptors (Lipinski definition) is 3. The highest BCUT2D eigenvalue weighted by molar-refractivity contribution is 5.66. The maximum Gasteiger partial charge on any atom is 0.105 e. The van der Waals surface area contributed by atoms with E-state index in [0.29, 0.717) is 6.42 Å². The van der Waals surface area contributed by atoms with Gasteiger partial charge in [0, 0.05) is 18.3 Å². The van der Waals surface area contributed by atoms with Crippen molar-refractivity contribution in [3.8, 4) is 0 Å². The smallest absolute Gasteiger partial charge is 0.105 e. The lowest BCUT2D eigenvalue weighted by Gasteiger charge is -2.41. The highest BCUT2D eigenvalue weighted by Crippen LogP contribution is 2.18. The summed E-state index contributed by atoms with van der Waals surface area (Å²) >= 11 is 0. The first-order chi connectivity index (χ1) is 10.9. The number of aliphatic carboxylic acids is 1. The summed E-state index contributed by atoms with van der Waals surface area (Å²) in [4.78, 5) is 11.0. The van der Waals surface area contributed by atoms with Crippen molar-refractivity contribution in [2.75, 3.05) is 26.2 Å². The van der Waals surface area contributed by atoms with E-state index in [9.17, 15) is 15.0 Å². The van der Waals surface area contributed by atoms with Crippen LogP contribution in [0, 0.1) is 5.92 Å². The Morgan fingerprint density at radius 2 is 1.78 bits per heavy atom. The predicted molar refractivity (Wildman–Crippen MR) is 93.8 cm³/mol. The minimum Gasteiger partial charge on any atom is -0.550 e. The fraction of sp³-hybridized carbons (Fsp3) is 0.842.